The normalized spacial score (nSPS) is 19.7. The van der Waals surface area contributed by atoms with Crippen LogP contribution in [0.2, 0.25) is 0 Å². The molecule has 1 aromatic rings. The predicted molar refractivity (Wildman–Crippen MR) is 104 cm³/mol. The summed E-state index contributed by atoms with van der Waals surface area (Å²) in [7, 11) is 0. The number of carbonyl (C=O) groups is 2. The van der Waals surface area contributed by atoms with Gasteiger partial charge in [-0.2, -0.15) is 0 Å². The number of ether oxygens (including phenoxy) is 1. The second kappa shape index (κ2) is 7.68. The molecular formula is C21H30N2O3. The summed E-state index contributed by atoms with van der Waals surface area (Å²) in [4.78, 5) is 26.7. The summed E-state index contributed by atoms with van der Waals surface area (Å²) < 4.78 is 5.92. The van der Waals surface area contributed by atoms with Crippen LogP contribution in [0.25, 0.3) is 0 Å². The van der Waals surface area contributed by atoms with E-state index in [0.29, 0.717) is 31.2 Å². The summed E-state index contributed by atoms with van der Waals surface area (Å²) in [6, 6.07) is 5.55. The fourth-order valence-electron chi connectivity index (χ4n) is 3.90. The zero-order chi connectivity index (χ0) is 18.7. The largest absolute Gasteiger partial charge is 0.490 e. The lowest BCUT2D eigenvalue weighted by atomic mass is 9.93. The van der Waals surface area contributed by atoms with E-state index in [2.05, 4.69) is 5.32 Å². The molecule has 1 aliphatic carbocycles. The molecule has 3 rings (SSSR count). The van der Waals surface area contributed by atoms with E-state index in [4.69, 9.17) is 4.74 Å². The number of nitrogens with one attached hydrogen (secondary N) is 1. The van der Waals surface area contributed by atoms with E-state index < -0.39 is 5.41 Å². The molecule has 1 aromatic carbocycles. The second-order valence-corrected chi connectivity index (χ2v) is 8.14. The van der Waals surface area contributed by atoms with Gasteiger partial charge in [-0.1, -0.05) is 25.7 Å². The zero-order valence-electron chi connectivity index (χ0n) is 16.1. The Balaban J connectivity index is 1.69. The van der Waals surface area contributed by atoms with Crippen LogP contribution in [0, 0.1) is 11.3 Å². The van der Waals surface area contributed by atoms with Gasteiger partial charge in [0.1, 0.15) is 12.4 Å². The van der Waals surface area contributed by atoms with Gasteiger partial charge in [-0.05, 0) is 45.2 Å². The van der Waals surface area contributed by atoms with Gasteiger partial charge in [-0.25, -0.2) is 0 Å². The minimum Gasteiger partial charge on any atom is -0.490 e. The molecule has 0 atom stereocenters. The van der Waals surface area contributed by atoms with Crippen molar-refractivity contribution >= 4 is 23.2 Å². The molecule has 0 spiro atoms. The van der Waals surface area contributed by atoms with Crippen molar-refractivity contribution in [2.45, 2.75) is 59.3 Å². The fraction of sp³-hybridized carbons (Fsp3) is 0.619. The Morgan fingerprint density at radius 1 is 1.31 bits per heavy atom. The Morgan fingerprint density at radius 3 is 2.73 bits per heavy atom. The average Bonchev–Trinajstić information content (AvgIpc) is 3.10. The summed E-state index contributed by atoms with van der Waals surface area (Å²) in [6.07, 6.45) is 6.66. The van der Waals surface area contributed by atoms with Gasteiger partial charge < -0.3 is 15.0 Å². The van der Waals surface area contributed by atoms with Crippen LogP contribution in [0.1, 0.15) is 59.3 Å². The summed E-state index contributed by atoms with van der Waals surface area (Å²) in [5.74, 6) is 1.48. The molecule has 1 N–H and O–H groups in total. The summed E-state index contributed by atoms with van der Waals surface area (Å²) in [5, 5.41) is 2.98. The number of hydrogen-bond donors (Lipinski definition) is 1. The van der Waals surface area contributed by atoms with Crippen LogP contribution in [0.3, 0.4) is 0 Å². The molecular weight excluding hydrogens is 328 g/mol. The van der Waals surface area contributed by atoms with Gasteiger partial charge in [0.2, 0.25) is 11.8 Å². The molecule has 142 valence electrons. The first kappa shape index (κ1) is 18.7. The average molecular weight is 358 g/mol. The number of hydrogen-bond acceptors (Lipinski definition) is 3. The van der Waals surface area contributed by atoms with Gasteiger partial charge >= 0.3 is 0 Å². The van der Waals surface area contributed by atoms with Crippen molar-refractivity contribution < 1.29 is 14.3 Å². The molecule has 2 amide bonds. The first-order valence-corrected chi connectivity index (χ1v) is 9.79. The number of fused-ring (bicyclic) bond motifs is 1. The Morgan fingerprint density at radius 2 is 2.04 bits per heavy atom. The zero-order valence-corrected chi connectivity index (χ0v) is 16.1. The van der Waals surface area contributed by atoms with Crippen molar-refractivity contribution in [3.63, 3.8) is 0 Å². The van der Waals surface area contributed by atoms with Gasteiger partial charge in [0.05, 0.1) is 11.1 Å². The SMILES string of the molecule is CCN1C(=O)C(C)(C)COc2cc(NC(=O)CCC3CCCC3)ccc21. The molecule has 1 saturated carbocycles. The van der Waals surface area contributed by atoms with Crippen molar-refractivity contribution in [3.05, 3.63) is 18.2 Å². The lowest BCUT2D eigenvalue weighted by Crippen LogP contribution is -2.42. The summed E-state index contributed by atoms with van der Waals surface area (Å²) >= 11 is 0. The van der Waals surface area contributed by atoms with Crippen LogP contribution in [-0.4, -0.2) is 25.0 Å². The number of rotatable bonds is 5. The lowest BCUT2D eigenvalue weighted by Gasteiger charge is -2.26. The Kier molecular flexibility index (Phi) is 5.54. The van der Waals surface area contributed by atoms with Crippen molar-refractivity contribution in [3.8, 4) is 5.75 Å². The van der Waals surface area contributed by atoms with E-state index in [9.17, 15) is 9.59 Å². The molecule has 0 aromatic heterocycles. The number of benzene rings is 1. The van der Waals surface area contributed by atoms with Gasteiger partial charge in [0.25, 0.3) is 0 Å². The second-order valence-electron chi connectivity index (χ2n) is 8.14. The number of anilines is 2. The fourth-order valence-corrected chi connectivity index (χ4v) is 3.90. The molecule has 0 radical (unpaired) electrons. The minimum atomic E-state index is -0.570. The first-order chi connectivity index (χ1) is 12.4. The van der Waals surface area contributed by atoms with E-state index in [1.807, 2.05) is 39.0 Å². The third kappa shape index (κ3) is 4.02. The van der Waals surface area contributed by atoms with Crippen molar-refractivity contribution in [1.82, 2.24) is 0 Å². The van der Waals surface area contributed by atoms with E-state index >= 15 is 0 Å². The highest BCUT2D eigenvalue weighted by Gasteiger charge is 2.37. The number of nitrogens with zero attached hydrogens (tertiary/aromatic N) is 1. The van der Waals surface area contributed by atoms with Crippen LogP contribution in [0.15, 0.2) is 18.2 Å². The molecule has 1 heterocycles. The predicted octanol–water partition coefficient (Wildman–Crippen LogP) is 4.37. The van der Waals surface area contributed by atoms with Crippen molar-refractivity contribution in [2.75, 3.05) is 23.4 Å². The Hall–Kier alpha value is -2.04. The topological polar surface area (TPSA) is 58.6 Å². The smallest absolute Gasteiger partial charge is 0.236 e. The molecule has 5 nitrogen and oxygen atoms in total. The molecule has 1 fully saturated rings. The van der Waals surface area contributed by atoms with Crippen LogP contribution in [-0.2, 0) is 9.59 Å². The Bertz CT molecular complexity index is 678. The van der Waals surface area contributed by atoms with Crippen LogP contribution in [0.5, 0.6) is 5.75 Å². The van der Waals surface area contributed by atoms with Gasteiger partial charge in [-0.3, -0.25) is 9.59 Å². The van der Waals surface area contributed by atoms with Crippen molar-refractivity contribution in [1.29, 1.82) is 0 Å². The van der Waals surface area contributed by atoms with E-state index in [1.54, 1.807) is 4.90 Å². The van der Waals surface area contributed by atoms with Gasteiger partial charge in [-0.15, -0.1) is 0 Å². The molecule has 2 aliphatic rings. The summed E-state index contributed by atoms with van der Waals surface area (Å²) in [5.41, 5.74) is 0.926. The van der Waals surface area contributed by atoms with Crippen LogP contribution in [0.4, 0.5) is 11.4 Å². The van der Waals surface area contributed by atoms with Crippen LogP contribution >= 0.6 is 0 Å². The molecule has 0 unspecified atom stereocenters. The minimum absolute atomic E-state index is 0.0502. The third-order valence-electron chi connectivity index (χ3n) is 5.52. The third-order valence-corrected chi connectivity index (χ3v) is 5.52. The molecule has 0 saturated heterocycles. The van der Waals surface area contributed by atoms with Gasteiger partial charge in [0, 0.05) is 24.7 Å². The maximum atomic E-state index is 12.7. The first-order valence-electron chi connectivity index (χ1n) is 9.79. The highest BCUT2D eigenvalue weighted by Crippen LogP contribution is 2.38. The molecule has 26 heavy (non-hydrogen) atoms. The quantitative estimate of drug-likeness (QED) is 0.850. The highest BCUT2D eigenvalue weighted by molar-refractivity contribution is 6.00. The maximum Gasteiger partial charge on any atom is 0.236 e. The van der Waals surface area contributed by atoms with Crippen LogP contribution < -0.4 is 15.0 Å². The molecule has 0 bridgehead atoms. The van der Waals surface area contributed by atoms with Crippen molar-refractivity contribution in [2.24, 2.45) is 11.3 Å². The summed E-state index contributed by atoms with van der Waals surface area (Å²) in [6.45, 7) is 6.67. The molecule has 1 aliphatic heterocycles. The molecule has 5 heteroatoms. The monoisotopic (exact) mass is 358 g/mol. The number of carbonyl (C=O) groups excluding carboxylic acids is 2. The number of amides is 2. The van der Waals surface area contributed by atoms with E-state index in [0.717, 1.165) is 17.8 Å². The highest BCUT2D eigenvalue weighted by atomic mass is 16.5. The lowest BCUT2D eigenvalue weighted by molar-refractivity contribution is -0.127. The standard InChI is InChI=1S/C21H30N2O3/c1-4-23-17-11-10-16(13-18(17)26-14-21(2,3)20(23)25)22-19(24)12-9-15-7-5-6-8-15/h10-11,13,15H,4-9,12,14H2,1-3H3,(H,22,24). The Labute approximate surface area is 156 Å². The van der Waals surface area contributed by atoms with E-state index in [-0.39, 0.29) is 11.8 Å². The van der Waals surface area contributed by atoms with Gasteiger partial charge in [0.15, 0.2) is 0 Å². The maximum absolute atomic E-state index is 12.7. The van der Waals surface area contributed by atoms with E-state index in [1.165, 1.54) is 25.7 Å².